The molecular weight excluding hydrogens is 441 g/mol. The Morgan fingerprint density at radius 2 is 1.73 bits per heavy atom. The predicted octanol–water partition coefficient (Wildman–Crippen LogP) is 4.24. The Morgan fingerprint density at radius 1 is 1.08 bits per heavy atom. The van der Waals surface area contributed by atoms with Gasteiger partial charge in [-0.2, -0.15) is 0 Å². The number of guanidine groups is 1. The first-order valence-electron chi connectivity index (χ1n) is 8.36. The average molecular weight is 469 g/mol. The number of nitrogens with zero attached hydrogens (tertiary/aromatic N) is 1. The molecule has 0 saturated heterocycles. The number of rotatable bonds is 7. The van der Waals surface area contributed by atoms with Gasteiger partial charge in [-0.3, -0.25) is 4.99 Å². The van der Waals surface area contributed by atoms with Gasteiger partial charge in [0.1, 0.15) is 0 Å². The standard InChI is InChI=1S/C20H27N3O2.HI/c1-14-5-8-17(9-6-14)23-20(21)22-13-15(2)11-16-7-10-18(24-3)19(12-16)25-4;/h5-10,12,15H,11,13H2,1-4H3,(H3,21,22,23);1H. The normalized spacial score (nSPS) is 12.1. The fourth-order valence-corrected chi connectivity index (χ4v) is 2.55. The third-order valence-corrected chi connectivity index (χ3v) is 3.93. The van der Waals surface area contributed by atoms with Crippen LogP contribution in [0, 0.1) is 12.8 Å². The van der Waals surface area contributed by atoms with Gasteiger partial charge in [-0.15, -0.1) is 24.0 Å². The summed E-state index contributed by atoms with van der Waals surface area (Å²) in [4.78, 5) is 4.44. The highest BCUT2D eigenvalue weighted by molar-refractivity contribution is 14.0. The minimum atomic E-state index is 0. The number of hydrogen-bond acceptors (Lipinski definition) is 3. The van der Waals surface area contributed by atoms with Crippen LogP contribution in [0.5, 0.6) is 11.5 Å². The van der Waals surface area contributed by atoms with Crippen LogP contribution in [0.15, 0.2) is 47.5 Å². The topological polar surface area (TPSA) is 68.9 Å². The molecule has 0 amide bonds. The Bertz CT molecular complexity index is 717. The summed E-state index contributed by atoms with van der Waals surface area (Å²) in [6, 6.07) is 14.0. The summed E-state index contributed by atoms with van der Waals surface area (Å²) in [6.07, 6.45) is 0.891. The summed E-state index contributed by atoms with van der Waals surface area (Å²) in [5.74, 6) is 2.28. The molecule has 2 aromatic carbocycles. The summed E-state index contributed by atoms with van der Waals surface area (Å²) < 4.78 is 10.6. The highest BCUT2D eigenvalue weighted by atomic mass is 127. The second-order valence-corrected chi connectivity index (χ2v) is 6.22. The molecule has 6 heteroatoms. The Kier molecular flexibility index (Phi) is 9.26. The molecule has 0 saturated carbocycles. The van der Waals surface area contributed by atoms with E-state index in [0.29, 0.717) is 18.4 Å². The smallest absolute Gasteiger partial charge is 0.193 e. The lowest BCUT2D eigenvalue weighted by Gasteiger charge is -2.13. The molecule has 1 unspecified atom stereocenters. The average Bonchev–Trinajstić information content (AvgIpc) is 2.62. The van der Waals surface area contributed by atoms with Crippen LogP contribution in [-0.4, -0.2) is 26.7 Å². The molecule has 0 aromatic heterocycles. The summed E-state index contributed by atoms with van der Waals surface area (Å²) in [5, 5.41) is 3.11. The van der Waals surface area contributed by atoms with Gasteiger partial charge in [0, 0.05) is 12.2 Å². The minimum absolute atomic E-state index is 0. The van der Waals surface area contributed by atoms with Crippen LogP contribution >= 0.6 is 24.0 Å². The second-order valence-electron chi connectivity index (χ2n) is 6.22. The number of methoxy groups -OCH3 is 2. The highest BCUT2D eigenvalue weighted by Gasteiger charge is 2.08. The molecule has 0 radical (unpaired) electrons. The molecule has 26 heavy (non-hydrogen) atoms. The van der Waals surface area contributed by atoms with E-state index in [4.69, 9.17) is 15.2 Å². The van der Waals surface area contributed by atoms with Crippen molar-refractivity contribution in [1.29, 1.82) is 0 Å². The van der Waals surface area contributed by atoms with Crippen molar-refractivity contribution in [2.75, 3.05) is 26.1 Å². The lowest BCUT2D eigenvalue weighted by Crippen LogP contribution is -2.23. The predicted molar refractivity (Wildman–Crippen MR) is 119 cm³/mol. The molecule has 0 aliphatic carbocycles. The lowest BCUT2D eigenvalue weighted by molar-refractivity contribution is 0.354. The molecule has 1 atom stereocenters. The van der Waals surface area contributed by atoms with E-state index in [1.165, 1.54) is 11.1 Å². The molecule has 0 aliphatic rings. The summed E-state index contributed by atoms with van der Waals surface area (Å²) in [7, 11) is 3.28. The van der Waals surface area contributed by atoms with Crippen molar-refractivity contribution >= 4 is 35.6 Å². The quantitative estimate of drug-likeness (QED) is 0.362. The monoisotopic (exact) mass is 469 g/mol. The zero-order chi connectivity index (χ0) is 18.2. The SMILES string of the molecule is COc1ccc(CC(C)CN=C(N)Nc2ccc(C)cc2)cc1OC.I. The molecule has 2 rings (SSSR count). The molecule has 0 fully saturated rings. The number of hydrogen-bond donors (Lipinski definition) is 2. The molecule has 0 aliphatic heterocycles. The van der Waals surface area contributed by atoms with Gasteiger partial charge in [0.15, 0.2) is 17.5 Å². The van der Waals surface area contributed by atoms with Gasteiger partial charge in [0.25, 0.3) is 0 Å². The fraction of sp³-hybridized carbons (Fsp3) is 0.350. The van der Waals surface area contributed by atoms with Gasteiger partial charge in [-0.1, -0.05) is 30.7 Å². The minimum Gasteiger partial charge on any atom is -0.493 e. The van der Waals surface area contributed by atoms with Crippen LogP contribution in [0.4, 0.5) is 5.69 Å². The number of aliphatic imine (C=N–C) groups is 1. The molecular formula is C20H28IN3O2. The zero-order valence-corrected chi connectivity index (χ0v) is 18.1. The van der Waals surface area contributed by atoms with Crippen molar-refractivity contribution in [2.24, 2.45) is 16.6 Å². The number of ether oxygens (including phenoxy) is 2. The van der Waals surface area contributed by atoms with Crippen LogP contribution in [0.3, 0.4) is 0 Å². The van der Waals surface area contributed by atoms with Crippen molar-refractivity contribution in [1.82, 2.24) is 0 Å². The van der Waals surface area contributed by atoms with Crippen LogP contribution in [0.2, 0.25) is 0 Å². The molecule has 0 heterocycles. The first-order valence-corrected chi connectivity index (χ1v) is 8.36. The van der Waals surface area contributed by atoms with E-state index in [0.717, 1.165) is 23.6 Å². The van der Waals surface area contributed by atoms with Gasteiger partial charge < -0.3 is 20.5 Å². The van der Waals surface area contributed by atoms with E-state index in [-0.39, 0.29) is 24.0 Å². The lowest BCUT2D eigenvalue weighted by atomic mass is 10.0. The largest absolute Gasteiger partial charge is 0.493 e. The molecule has 0 spiro atoms. The Morgan fingerprint density at radius 3 is 2.35 bits per heavy atom. The van der Waals surface area contributed by atoms with Crippen molar-refractivity contribution in [3.63, 3.8) is 0 Å². The van der Waals surface area contributed by atoms with Gasteiger partial charge in [0.05, 0.1) is 14.2 Å². The third-order valence-electron chi connectivity index (χ3n) is 3.93. The Hall–Kier alpha value is -1.96. The highest BCUT2D eigenvalue weighted by Crippen LogP contribution is 2.28. The number of nitrogens with two attached hydrogens (primary N) is 1. The first kappa shape index (κ1) is 22.1. The summed E-state index contributed by atoms with van der Waals surface area (Å²) >= 11 is 0. The van der Waals surface area contributed by atoms with Crippen LogP contribution < -0.4 is 20.5 Å². The van der Waals surface area contributed by atoms with E-state index in [2.05, 4.69) is 30.2 Å². The number of nitrogens with one attached hydrogen (secondary N) is 1. The number of benzene rings is 2. The molecule has 142 valence electrons. The second kappa shape index (κ2) is 10.9. The van der Waals surface area contributed by atoms with Gasteiger partial charge >= 0.3 is 0 Å². The number of anilines is 1. The molecule has 2 aromatic rings. The number of aryl methyl sites for hydroxylation is 1. The maximum atomic E-state index is 5.97. The van der Waals surface area contributed by atoms with Gasteiger partial charge in [-0.25, -0.2) is 0 Å². The van der Waals surface area contributed by atoms with Crippen molar-refractivity contribution in [3.05, 3.63) is 53.6 Å². The van der Waals surface area contributed by atoms with E-state index in [9.17, 15) is 0 Å². The summed E-state index contributed by atoms with van der Waals surface area (Å²) in [6.45, 7) is 4.86. The first-order chi connectivity index (χ1) is 12.0. The number of halogens is 1. The van der Waals surface area contributed by atoms with Crippen LogP contribution in [0.1, 0.15) is 18.1 Å². The van der Waals surface area contributed by atoms with Crippen molar-refractivity contribution in [2.45, 2.75) is 20.3 Å². The third kappa shape index (κ3) is 6.74. The van der Waals surface area contributed by atoms with E-state index in [1.807, 2.05) is 36.4 Å². The Labute approximate surface area is 173 Å². The van der Waals surface area contributed by atoms with Gasteiger partial charge in [0.2, 0.25) is 0 Å². The van der Waals surface area contributed by atoms with Crippen LogP contribution in [-0.2, 0) is 6.42 Å². The van der Waals surface area contributed by atoms with Gasteiger partial charge in [-0.05, 0) is 49.1 Å². The summed E-state index contributed by atoms with van der Waals surface area (Å²) in [5.41, 5.74) is 9.31. The van der Waals surface area contributed by atoms with Crippen LogP contribution in [0.25, 0.3) is 0 Å². The molecule has 3 N–H and O–H groups in total. The Balaban J connectivity index is 0.00000338. The molecule has 5 nitrogen and oxygen atoms in total. The maximum Gasteiger partial charge on any atom is 0.193 e. The maximum absolute atomic E-state index is 5.97. The van der Waals surface area contributed by atoms with Crippen molar-refractivity contribution in [3.8, 4) is 11.5 Å². The van der Waals surface area contributed by atoms with E-state index < -0.39 is 0 Å². The zero-order valence-electron chi connectivity index (χ0n) is 15.8. The van der Waals surface area contributed by atoms with E-state index in [1.54, 1.807) is 14.2 Å². The fourth-order valence-electron chi connectivity index (χ4n) is 2.55. The van der Waals surface area contributed by atoms with Crippen molar-refractivity contribution < 1.29 is 9.47 Å². The molecule has 0 bridgehead atoms. The van der Waals surface area contributed by atoms with E-state index >= 15 is 0 Å².